The highest BCUT2D eigenvalue weighted by molar-refractivity contribution is 7.07. The molecule has 3 rings (SSSR count). The molecule has 5 heteroatoms. The first-order chi connectivity index (χ1) is 10.3. The van der Waals surface area contributed by atoms with Gasteiger partial charge in [0.15, 0.2) is 0 Å². The third kappa shape index (κ3) is 3.14. The van der Waals surface area contributed by atoms with Crippen molar-refractivity contribution in [2.24, 2.45) is 0 Å². The molecular weight excluding hydrogens is 282 g/mol. The van der Waals surface area contributed by atoms with E-state index < -0.39 is 0 Å². The van der Waals surface area contributed by atoms with Crippen molar-refractivity contribution in [2.75, 3.05) is 19.6 Å². The topological polar surface area (TPSA) is 45.2 Å². The quantitative estimate of drug-likeness (QED) is 0.947. The van der Waals surface area contributed by atoms with Crippen LogP contribution >= 0.6 is 11.3 Å². The number of carbonyl (C=O) groups is 1. The maximum absolute atomic E-state index is 12.4. The lowest BCUT2D eigenvalue weighted by molar-refractivity contribution is 0.0698. The fourth-order valence-corrected chi connectivity index (χ4v) is 3.15. The summed E-state index contributed by atoms with van der Waals surface area (Å²) in [6.45, 7) is 4.40. The Bertz CT molecular complexity index is 594. The Morgan fingerprint density at radius 2 is 2.24 bits per heavy atom. The lowest BCUT2D eigenvalue weighted by Gasteiger charge is -2.33. The summed E-state index contributed by atoms with van der Waals surface area (Å²) in [5.74, 6) is 0.0351. The van der Waals surface area contributed by atoms with Gasteiger partial charge in [-0.3, -0.25) is 4.79 Å². The zero-order valence-electron chi connectivity index (χ0n) is 12.1. The van der Waals surface area contributed by atoms with Crippen LogP contribution in [0, 0.1) is 0 Å². The van der Waals surface area contributed by atoms with Gasteiger partial charge in [0.25, 0.3) is 5.91 Å². The smallest absolute Gasteiger partial charge is 0.273 e. The molecule has 1 aromatic heterocycles. The molecule has 4 nitrogen and oxygen atoms in total. The van der Waals surface area contributed by atoms with Gasteiger partial charge in [-0.1, -0.05) is 31.2 Å². The van der Waals surface area contributed by atoms with Crippen molar-refractivity contribution < 1.29 is 4.79 Å². The van der Waals surface area contributed by atoms with E-state index in [1.54, 1.807) is 5.51 Å². The summed E-state index contributed by atoms with van der Waals surface area (Å²) < 4.78 is 0. The van der Waals surface area contributed by atoms with Gasteiger partial charge >= 0.3 is 0 Å². The van der Waals surface area contributed by atoms with Crippen molar-refractivity contribution in [3.63, 3.8) is 0 Å². The highest BCUT2D eigenvalue weighted by Crippen LogP contribution is 2.19. The van der Waals surface area contributed by atoms with Gasteiger partial charge in [-0.05, 0) is 17.5 Å². The molecule has 21 heavy (non-hydrogen) atoms. The summed E-state index contributed by atoms with van der Waals surface area (Å²) >= 11 is 1.46. The van der Waals surface area contributed by atoms with E-state index in [-0.39, 0.29) is 11.9 Å². The number of rotatable bonds is 3. The molecule has 1 N–H and O–H groups in total. The van der Waals surface area contributed by atoms with Crippen LogP contribution in [0.5, 0.6) is 0 Å². The summed E-state index contributed by atoms with van der Waals surface area (Å²) in [7, 11) is 0. The molecule has 1 saturated heterocycles. The second kappa shape index (κ2) is 6.37. The van der Waals surface area contributed by atoms with Crippen LogP contribution in [-0.2, 0) is 6.42 Å². The molecule has 2 aromatic rings. The number of carbonyl (C=O) groups excluding carboxylic acids is 1. The van der Waals surface area contributed by atoms with Crippen LogP contribution in [0.1, 0.15) is 34.6 Å². The van der Waals surface area contributed by atoms with Crippen LogP contribution in [-0.4, -0.2) is 35.4 Å². The van der Waals surface area contributed by atoms with Crippen molar-refractivity contribution in [2.45, 2.75) is 19.4 Å². The predicted molar refractivity (Wildman–Crippen MR) is 84.6 cm³/mol. The van der Waals surface area contributed by atoms with E-state index in [1.807, 2.05) is 10.3 Å². The fourth-order valence-electron chi connectivity index (χ4n) is 2.62. The number of aromatic nitrogens is 1. The molecule has 0 radical (unpaired) electrons. The molecule has 1 aliphatic rings. The average molecular weight is 301 g/mol. The molecule has 0 saturated carbocycles. The summed E-state index contributed by atoms with van der Waals surface area (Å²) in [4.78, 5) is 18.4. The molecule has 1 atom stereocenters. The second-order valence-electron chi connectivity index (χ2n) is 5.23. The number of amides is 1. The number of aryl methyl sites for hydroxylation is 1. The number of nitrogens with zero attached hydrogens (tertiary/aromatic N) is 2. The first kappa shape index (κ1) is 14.2. The van der Waals surface area contributed by atoms with Gasteiger partial charge in [-0.25, -0.2) is 4.98 Å². The highest BCUT2D eigenvalue weighted by atomic mass is 32.1. The van der Waals surface area contributed by atoms with E-state index in [1.165, 1.54) is 22.5 Å². The van der Waals surface area contributed by atoms with Gasteiger partial charge in [-0.2, -0.15) is 0 Å². The molecule has 110 valence electrons. The van der Waals surface area contributed by atoms with Gasteiger partial charge in [-0.15, -0.1) is 11.3 Å². The highest BCUT2D eigenvalue weighted by Gasteiger charge is 2.25. The molecule has 1 amide bonds. The lowest BCUT2D eigenvalue weighted by Crippen LogP contribution is -2.48. The van der Waals surface area contributed by atoms with Crippen molar-refractivity contribution in [1.82, 2.24) is 15.2 Å². The first-order valence-electron chi connectivity index (χ1n) is 7.27. The summed E-state index contributed by atoms with van der Waals surface area (Å²) in [5, 5.41) is 5.31. The van der Waals surface area contributed by atoms with Crippen molar-refractivity contribution in [1.29, 1.82) is 0 Å². The largest absolute Gasteiger partial charge is 0.334 e. The lowest BCUT2D eigenvalue weighted by atomic mass is 10.0. The van der Waals surface area contributed by atoms with E-state index in [0.29, 0.717) is 12.2 Å². The van der Waals surface area contributed by atoms with Crippen LogP contribution in [0.2, 0.25) is 0 Å². The number of piperazine rings is 1. The Hall–Kier alpha value is -1.72. The zero-order chi connectivity index (χ0) is 14.7. The fraction of sp³-hybridized carbons (Fsp3) is 0.375. The van der Waals surface area contributed by atoms with E-state index >= 15 is 0 Å². The van der Waals surface area contributed by atoms with E-state index in [4.69, 9.17) is 0 Å². The Morgan fingerprint density at radius 3 is 2.90 bits per heavy atom. The molecule has 1 aliphatic heterocycles. The van der Waals surface area contributed by atoms with Gasteiger partial charge in [0, 0.05) is 31.1 Å². The average Bonchev–Trinajstić information content (AvgIpc) is 3.09. The van der Waals surface area contributed by atoms with Gasteiger partial charge in [0.2, 0.25) is 0 Å². The summed E-state index contributed by atoms with van der Waals surface area (Å²) in [6, 6.07) is 8.85. The Balaban J connectivity index is 1.71. The third-order valence-electron chi connectivity index (χ3n) is 3.90. The molecular formula is C16H19N3OS. The van der Waals surface area contributed by atoms with Gasteiger partial charge in [0.1, 0.15) is 5.69 Å². The van der Waals surface area contributed by atoms with E-state index in [9.17, 15) is 4.79 Å². The molecule has 0 spiro atoms. The van der Waals surface area contributed by atoms with Crippen LogP contribution < -0.4 is 5.32 Å². The van der Waals surface area contributed by atoms with E-state index in [2.05, 4.69) is 41.5 Å². The molecule has 1 aromatic carbocycles. The summed E-state index contributed by atoms with van der Waals surface area (Å²) in [5.41, 5.74) is 4.84. The number of thiazole rings is 1. The molecule has 0 aliphatic carbocycles. The minimum absolute atomic E-state index is 0.0351. The number of nitrogens with one attached hydrogen (secondary N) is 1. The SMILES string of the molecule is CCc1ccc(C2CN(C(=O)c3cscn3)CCN2)cc1. The Labute approximate surface area is 128 Å². The Morgan fingerprint density at radius 1 is 1.43 bits per heavy atom. The summed E-state index contributed by atoms with van der Waals surface area (Å²) in [6.07, 6.45) is 1.05. The van der Waals surface area contributed by atoms with E-state index in [0.717, 1.165) is 19.5 Å². The third-order valence-corrected chi connectivity index (χ3v) is 4.49. The normalized spacial score (nSPS) is 18.7. The zero-order valence-corrected chi connectivity index (χ0v) is 12.9. The maximum Gasteiger partial charge on any atom is 0.273 e. The molecule has 1 unspecified atom stereocenters. The standard InChI is InChI=1S/C16H19N3OS/c1-2-12-3-5-13(6-4-12)14-9-19(8-7-17-14)16(20)15-10-21-11-18-15/h3-6,10-11,14,17H,2,7-9H2,1H3. The van der Waals surface area contributed by atoms with Crippen LogP contribution in [0.25, 0.3) is 0 Å². The molecule has 1 fully saturated rings. The maximum atomic E-state index is 12.4. The van der Waals surface area contributed by atoms with Crippen LogP contribution in [0.3, 0.4) is 0 Å². The number of hydrogen-bond donors (Lipinski definition) is 1. The minimum Gasteiger partial charge on any atom is -0.334 e. The number of hydrogen-bond acceptors (Lipinski definition) is 4. The van der Waals surface area contributed by atoms with Crippen molar-refractivity contribution >= 4 is 17.2 Å². The molecule has 2 heterocycles. The van der Waals surface area contributed by atoms with Crippen molar-refractivity contribution in [3.8, 4) is 0 Å². The van der Waals surface area contributed by atoms with Crippen LogP contribution in [0.4, 0.5) is 0 Å². The Kier molecular flexibility index (Phi) is 4.31. The number of benzene rings is 1. The minimum atomic E-state index is 0.0351. The first-order valence-corrected chi connectivity index (χ1v) is 8.22. The monoisotopic (exact) mass is 301 g/mol. The second-order valence-corrected chi connectivity index (χ2v) is 5.95. The van der Waals surface area contributed by atoms with Gasteiger partial charge < -0.3 is 10.2 Å². The van der Waals surface area contributed by atoms with Crippen molar-refractivity contribution in [3.05, 3.63) is 52.0 Å². The molecule has 0 bridgehead atoms. The predicted octanol–water partition coefficient (Wildman–Crippen LogP) is 2.49. The van der Waals surface area contributed by atoms with Gasteiger partial charge in [0.05, 0.1) is 5.51 Å². The van der Waals surface area contributed by atoms with Crippen LogP contribution in [0.15, 0.2) is 35.2 Å².